The van der Waals surface area contributed by atoms with E-state index in [-0.39, 0.29) is 5.69 Å². The molecule has 2 aromatic heterocycles. The number of carbonyl (C=O) groups excluding carboxylic acids is 2. The Morgan fingerprint density at radius 3 is 2.44 bits per heavy atom. The van der Waals surface area contributed by atoms with Crippen LogP contribution in [0, 0.1) is 0 Å². The summed E-state index contributed by atoms with van der Waals surface area (Å²) in [6.45, 7) is 5.60. The zero-order chi connectivity index (χ0) is 23.3. The Morgan fingerprint density at radius 2 is 1.84 bits per heavy atom. The molecule has 0 aliphatic carbocycles. The standard InChI is InChI=1S/C17H17ClN6O3.C3H4O2/c1-22-6-8-23(9-7-22)17(26)27-16-14-13(19-4-5-20-14)15(25)24(16)12-3-2-11(18)10-21-12;1-2-3(4)5/h2-5,10,16H,6-9H2,1H3;2H,1H2,(H,4,5). The van der Waals surface area contributed by atoms with Gasteiger partial charge in [-0.25, -0.2) is 24.5 Å². The van der Waals surface area contributed by atoms with E-state index in [0.29, 0.717) is 29.6 Å². The van der Waals surface area contributed by atoms with Crippen molar-refractivity contribution in [3.8, 4) is 0 Å². The van der Waals surface area contributed by atoms with Crippen LogP contribution in [0.5, 0.6) is 0 Å². The van der Waals surface area contributed by atoms with E-state index in [1.165, 1.54) is 23.5 Å². The van der Waals surface area contributed by atoms with Crippen LogP contribution in [-0.4, -0.2) is 81.1 Å². The number of ether oxygens (including phenoxy) is 1. The summed E-state index contributed by atoms with van der Waals surface area (Å²) in [4.78, 5) is 52.3. The Balaban J connectivity index is 0.000000523. The Hall–Kier alpha value is -3.57. The van der Waals surface area contributed by atoms with Crippen molar-refractivity contribution < 1.29 is 24.2 Å². The summed E-state index contributed by atoms with van der Waals surface area (Å²) in [7, 11) is 2.00. The number of amides is 2. The van der Waals surface area contributed by atoms with Gasteiger partial charge >= 0.3 is 12.1 Å². The van der Waals surface area contributed by atoms with Crippen LogP contribution in [0.4, 0.5) is 10.6 Å². The maximum absolute atomic E-state index is 12.8. The lowest BCUT2D eigenvalue weighted by molar-refractivity contribution is -0.131. The Labute approximate surface area is 188 Å². The summed E-state index contributed by atoms with van der Waals surface area (Å²) in [5, 5.41) is 8.04. The van der Waals surface area contributed by atoms with Crippen LogP contribution in [0.3, 0.4) is 0 Å². The van der Waals surface area contributed by atoms with Crippen LogP contribution in [0.15, 0.2) is 43.4 Å². The minimum absolute atomic E-state index is 0.144. The van der Waals surface area contributed by atoms with Gasteiger partial charge in [-0.2, -0.15) is 0 Å². The molecule has 0 aromatic carbocycles. The number of hydrogen-bond acceptors (Lipinski definition) is 8. The lowest BCUT2D eigenvalue weighted by Gasteiger charge is -2.33. The molecule has 168 valence electrons. The van der Waals surface area contributed by atoms with Crippen molar-refractivity contribution in [3.63, 3.8) is 0 Å². The second kappa shape index (κ2) is 10.2. The van der Waals surface area contributed by atoms with E-state index in [1.54, 1.807) is 17.0 Å². The van der Waals surface area contributed by atoms with Gasteiger partial charge in [0, 0.05) is 50.8 Å². The number of rotatable bonds is 3. The van der Waals surface area contributed by atoms with Gasteiger partial charge in [-0.15, -0.1) is 0 Å². The number of likely N-dealkylation sites (N-methyl/N-ethyl adjacent to an activating group) is 1. The Kier molecular flexibility index (Phi) is 7.33. The Bertz CT molecular complexity index is 1010. The average molecular weight is 461 g/mol. The quantitative estimate of drug-likeness (QED) is 0.681. The maximum atomic E-state index is 12.8. The number of pyridine rings is 1. The van der Waals surface area contributed by atoms with E-state index in [0.717, 1.165) is 19.2 Å². The molecular formula is C20H21ClN6O5. The van der Waals surface area contributed by atoms with Crippen LogP contribution in [-0.2, 0) is 9.53 Å². The van der Waals surface area contributed by atoms with Crippen LogP contribution in [0.2, 0.25) is 5.02 Å². The lowest BCUT2D eigenvalue weighted by Crippen LogP contribution is -2.48. The van der Waals surface area contributed by atoms with Gasteiger partial charge in [0.1, 0.15) is 11.5 Å². The smallest absolute Gasteiger partial charge is 0.412 e. The molecule has 1 saturated heterocycles. The second-order valence-electron chi connectivity index (χ2n) is 6.87. The third kappa shape index (κ3) is 5.18. The molecule has 4 rings (SSSR count). The van der Waals surface area contributed by atoms with Gasteiger partial charge in [0.25, 0.3) is 5.91 Å². The topological polar surface area (TPSA) is 129 Å². The van der Waals surface area contributed by atoms with E-state index < -0.39 is 24.2 Å². The number of carboxylic acids is 1. The van der Waals surface area contributed by atoms with Gasteiger partial charge < -0.3 is 19.6 Å². The SMILES string of the molecule is C=CC(=O)O.CN1CCN(C(=O)OC2c3nccnc3C(=O)N2c2ccc(Cl)cn2)CC1. The van der Waals surface area contributed by atoms with Crippen molar-refractivity contribution in [1.29, 1.82) is 0 Å². The van der Waals surface area contributed by atoms with Crippen molar-refractivity contribution in [2.45, 2.75) is 6.23 Å². The first-order valence-corrected chi connectivity index (χ1v) is 9.95. The predicted octanol–water partition coefficient (Wildman–Crippen LogP) is 1.82. The first-order chi connectivity index (χ1) is 15.3. The third-order valence-corrected chi connectivity index (χ3v) is 4.95. The molecular weight excluding hydrogens is 440 g/mol. The van der Waals surface area contributed by atoms with Gasteiger partial charge in [0.2, 0.25) is 6.23 Å². The molecule has 11 nitrogen and oxygen atoms in total. The molecule has 2 amide bonds. The van der Waals surface area contributed by atoms with Gasteiger partial charge in [0.05, 0.1) is 5.02 Å². The maximum Gasteiger partial charge on any atom is 0.412 e. The predicted molar refractivity (Wildman–Crippen MR) is 114 cm³/mol. The number of fused-ring (bicyclic) bond motifs is 1. The number of aliphatic carboxylic acids is 1. The van der Waals surface area contributed by atoms with Crippen molar-refractivity contribution in [1.82, 2.24) is 24.8 Å². The third-order valence-electron chi connectivity index (χ3n) is 4.72. The van der Waals surface area contributed by atoms with Gasteiger partial charge in [-0.3, -0.25) is 9.78 Å². The number of carboxylic acid groups (broad SMARTS) is 1. The first kappa shape index (κ1) is 23.1. The highest BCUT2D eigenvalue weighted by Crippen LogP contribution is 2.35. The van der Waals surface area contributed by atoms with Crippen LogP contribution < -0.4 is 4.90 Å². The summed E-state index contributed by atoms with van der Waals surface area (Å²) in [5.41, 5.74) is 0.437. The summed E-state index contributed by atoms with van der Waals surface area (Å²) in [5.74, 6) is -1.10. The van der Waals surface area contributed by atoms with E-state index in [9.17, 15) is 14.4 Å². The fourth-order valence-corrected chi connectivity index (χ4v) is 3.15. The zero-order valence-corrected chi connectivity index (χ0v) is 18.0. The molecule has 12 heteroatoms. The molecule has 1 unspecified atom stereocenters. The molecule has 0 spiro atoms. The number of piperazine rings is 1. The molecule has 2 aromatic rings. The zero-order valence-electron chi connectivity index (χ0n) is 17.2. The number of aromatic nitrogens is 3. The highest BCUT2D eigenvalue weighted by Gasteiger charge is 2.44. The highest BCUT2D eigenvalue weighted by atomic mass is 35.5. The molecule has 0 saturated carbocycles. The molecule has 1 fully saturated rings. The molecule has 0 radical (unpaired) electrons. The fraction of sp³-hybridized carbons (Fsp3) is 0.300. The molecule has 32 heavy (non-hydrogen) atoms. The van der Waals surface area contributed by atoms with Crippen molar-refractivity contribution in [2.75, 3.05) is 38.1 Å². The normalized spacial score (nSPS) is 17.8. The second-order valence-corrected chi connectivity index (χ2v) is 7.31. The fourth-order valence-electron chi connectivity index (χ4n) is 3.04. The summed E-state index contributed by atoms with van der Waals surface area (Å²) < 4.78 is 5.68. The first-order valence-electron chi connectivity index (χ1n) is 9.57. The highest BCUT2D eigenvalue weighted by molar-refractivity contribution is 6.30. The van der Waals surface area contributed by atoms with Crippen LogP contribution in [0.1, 0.15) is 22.4 Å². The average Bonchev–Trinajstić information content (AvgIpc) is 3.07. The van der Waals surface area contributed by atoms with Crippen molar-refractivity contribution in [3.05, 3.63) is 59.8 Å². The Morgan fingerprint density at radius 1 is 1.19 bits per heavy atom. The minimum atomic E-state index is -1.03. The van der Waals surface area contributed by atoms with Gasteiger partial charge in [-0.05, 0) is 19.2 Å². The van der Waals surface area contributed by atoms with Crippen molar-refractivity contribution in [2.24, 2.45) is 0 Å². The summed E-state index contributed by atoms with van der Waals surface area (Å²) in [6, 6.07) is 3.20. The lowest BCUT2D eigenvalue weighted by atomic mass is 10.3. The van der Waals surface area contributed by atoms with Gasteiger partial charge in [-0.1, -0.05) is 18.2 Å². The van der Waals surface area contributed by atoms with Gasteiger partial charge in [0.15, 0.2) is 5.69 Å². The molecule has 0 bridgehead atoms. The van der Waals surface area contributed by atoms with Crippen molar-refractivity contribution >= 4 is 35.4 Å². The number of halogens is 1. The molecule has 1 atom stereocenters. The number of anilines is 1. The summed E-state index contributed by atoms with van der Waals surface area (Å²) in [6.07, 6.45) is 3.62. The van der Waals surface area contributed by atoms with E-state index in [2.05, 4.69) is 26.4 Å². The van der Waals surface area contributed by atoms with Crippen LogP contribution >= 0.6 is 11.6 Å². The van der Waals surface area contributed by atoms with E-state index in [1.807, 2.05) is 7.05 Å². The molecule has 1 N–H and O–H groups in total. The largest absolute Gasteiger partial charge is 0.478 e. The number of hydrogen-bond donors (Lipinski definition) is 1. The molecule has 4 heterocycles. The monoisotopic (exact) mass is 460 g/mol. The molecule has 2 aliphatic heterocycles. The minimum Gasteiger partial charge on any atom is -0.478 e. The van der Waals surface area contributed by atoms with Crippen LogP contribution in [0.25, 0.3) is 0 Å². The van der Waals surface area contributed by atoms with E-state index >= 15 is 0 Å². The summed E-state index contributed by atoms with van der Waals surface area (Å²) >= 11 is 5.89. The number of carbonyl (C=O) groups is 3. The van der Waals surface area contributed by atoms with E-state index in [4.69, 9.17) is 21.4 Å². The molecule has 2 aliphatic rings. The number of nitrogens with zero attached hydrogens (tertiary/aromatic N) is 6.